The maximum Gasteiger partial charge on any atom is 0.326 e. The van der Waals surface area contributed by atoms with E-state index < -0.39 is 17.9 Å². The molecule has 1 aromatic rings. The van der Waals surface area contributed by atoms with Gasteiger partial charge in [0.1, 0.15) is 6.04 Å². The summed E-state index contributed by atoms with van der Waals surface area (Å²) in [6.07, 6.45) is 3.33. The van der Waals surface area contributed by atoms with Crippen LogP contribution in [0.5, 0.6) is 0 Å². The lowest BCUT2D eigenvalue weighted by molar-refractivity contribution is -0.139. The Hall–Kier alpha value is -2.37. The molecule has 0 fully saturated rings. The molecule has 0 saturated heterocycles. The van der Waals surface area contributed by atoms with Crippen molar-refractivity contribution in [1.82, 2.24) is 10.6 Å². The van der Waals surface area contributed by atoms with Crippen molar-refractivity contribution in [2.24, 2.45) is 0 Å². The molecule has 132 valence electrons. The Balaban J connectivity index is 2.59. The molecule has 0 spiro atoms. The van der Waals surface area contributed by atoms with Crippen LogP contribution in [0.2, 0.25) is 0 Å². The van der Waals surface area contributed by atoms with Gasteiger partial charge in [0.25, 0.3) is 5.91 Å². The first kappa shape index (κ1) is 19.7. The number of carboxylic acids is 1. The maximum absolute atomic E-state index is 12.1. The number of unbranched alkanes of at least 4 members (excludes halogenated alkanes) is 1. The lowest BCUT2D eigenvalue weighted by Gasteiger charge is -2.14. The highest BCUT2D eigenvalue weighted by Gasteiger charge is 2.19. The summed E-state index contributed by atoms with van der Waals surface area (Å²) in [7, 11) is 0. The molecule has 24 heavy (non-hydrogen) atoms. The van der Waals surface area contributed by atoms with Gasteiger partial charge in [-0.3, -0.25) is 9.59 Å². The Bertz CT molecular complexity index is 555. The molecule has 2 amide bonds. The molecule has 0 heterocycles. The van der Waals surface area contributed by atoms with E-state index in [2.05, 4.69) is 10.6 Å². The van der Waals surface area contributed by atoms with E-state index in [4.69, 9.17) is 5.11 Å². The lowest BCUT2D eigenvalue weighted by atomic mass is 10.1. The first-order valence-corrected chi connectivity index (χ1v) is 8.37. The quantitative estimate of drug-likeness (QED) is 0.612. The van der Waals surface area contributed by atoms with Crippen LogP contribution in [0, 0.1) is 0 Å². The Morgan fingerprint density at radius 3 is 2.29 bits per heavy atom. The summed E-state index contributed by atoms with van der Waals surface area (Å²) in [5.74, 6) is -1.42. The summed E-state index contributed by atoms with van der Waals surface area (Å²) in [6.45, 7) is 4.33. The van der Waals surface area contributed by atoms with Gasteiger partial charge in [-0.25, -0.2) is 4.79 Å². The number of amides is 2. The normalized spacial score (nSPS) is 11.6. The molecule has 0 radical (unpaired) electrons. The molecular weight excluding hydrogens is 308 g/mol. The summed E-state index contributed by atoms with van der Waals surface area (Å²) < 4.78 is 0. The van der Waals surface area contributed by atoms with Crippen molar-refractivity contribution >= 4 is 17.8 Å². The average molecular weight is 334 g/mol. The van der Waals surface area contributed by atoms with Crippen LogP contribution in [0.15, 0.2) is 24.3 Å². The van der Waals surface area contributed by atoms with E-state index in [-0.39, 0.29) is 5.91 Å². The number of aliphatic carboxylic acids is 1. The second-order valence-electron chi connectivity index (χ2n) is 5.73. The highest BCUT2D eigenvalue weighted by atomic mass is 16.4. The molecule has 0 bridgehead atoms. The molecule has 1 atom stereocenters. The van der Waals surface area contributed by atoms with Crippen LogP contribution < -0.4 is 10.6 Å². The Morgan fingerprint density at radius 2 is 1.75 bits per heavy atom. The molecule has 0 aliphatic rings. The van der Waals surface area contributed by atoms with E-state index in [1.54, 1.807) is 24.3 Å². The fraction of sp³-hybridized carbons (Fsp3) is 0.500. The Labute approximate surface area is 142 Å². The number of nitrogens with one attached hydrogen (secondary N) is 2. The molecule has 1 rings (SSSR count). The van der Waals surface area contributed by atoms with Gasteiger partial charge in [-0.2, -0.15) is 0 Å². The van der Waals surface area contributed by atoms with Crippen LogP contribution in [0.4, 0.5) is 0 Å². The van der Waals surface area contributed by atoms with E-state index in [0.29, 0.717) is 24.9 Å². The third-order valence-electron chi connectivity index (χ3n) is 3.63. The number of carbonyl (C=O) groups excluding carboxylic acids is 2. The van der Waals surface area contributed by atoms with Gasteiger partial charge in [0.15, 0.2) is 0 Å². The van der Waals surface area contributed by atoms with Crippen LogP contribution in [0.25, 0.3) is 0 Å². The van der Waals surface area contributed by atoms with Gasteiger partial charge in [0.2, 0.25) is 5.91 Å². The van der Waals surface area contributed by atoms with Crippen LogP contribution in [0.3, 0.4) is 0 Å². The van der Waals surface area contributed by atoms with Crippen LogP contribution in [-0.2, 0) is 16.1 Å². The molecule has 0 aliphatic carbocycles. The lowest BCUT2D eigenvalue weighted by Crippen LogP contribution is -2.40. The monoisotopic (exact) mass is 334 g/mol. The van der Waals surface area contributed by atoms with Crippen molar-refractivity contribution in [2.45, 2.75) is 58.5 Å². The van der Waals surface area contributed by atoms with Crippen molar-refractivity contribution in [2.75, 3.05) is 0 Å². The molecule has 0 aliphatic heterocycles. The van der Waals surface area contributed by atoms with Gasteiger partial charge in [-0.05, 0) is 30.5 Å². The highest BCUT2D eigenvalue weighted by Crippen LogP contribution is 2.07. The fourth-order valence-electron chi connectivity index (χ4n) is 2.20. The molecule has 6 heteroatoms. The largest absolute Gasteiger partial charge is 0.480 e. The van der Waals surface area contributed by atoms with Crippen molar-refractivity contribution in [3.8, 4) is 0 Å². The molecule has 6 nitrogen and oxygen atoms in total. The molecule has 1 aromatic carbocycles. The van der Waals surface area contributed by atoms with Gasteiger partial charge in [-0.15, -0.1) is 0 Å². The number of benzene rings is 1. The molecule has 3 N–H and O–H groups in total. The number of rotatable bonds is 10. The van der Waals surface area contributed by atoms with E-state index in [9.17, 15) is 14.4 Å². The zero-order chi connectivity index (χ0) is 17.9. The summed E-state index contributed by atoms with van der Waals surface area (Å²) in [5.41, 5.74) is 1.29. The standard InChI is InChI=1S/C18H26N2O4/c1-3-5-7-15(18(23)24)20-17(22)14-10-8-13(9-11-14)12-19-16(21)6-4-2/h8-11,15H,3-7,12H2,1-2H3,(H,19,21)(H,20,22)(H,23,24). The predicted molar refractivity (Wildman–Crippen MR) is 91.6 cm³/mol. The van der Waals surface area contributed by atoms with E-state index in [0.717, 1.165) is 24.8 Å². The average Bonchev–Trinajstić information content (AvgIpc) is 2.57. The van der Waals surface area contributed by atoms with Crippen LogP contribution in [-0.4, -0.2) is 28.9 Å². The van der Waals surface area contributed by atoms with Crippen LogP contribution in [0.1, 0.15) is 61.9 Å². The van der Waals surface area contributed by atoms with Crippen molar-refractivity contribution in [3.05, 3.63) is 35.4 Å². The first-order chi connectivity index (χ1) is 11.5. The SMILES string of the molecule is CCCCC(NC(=O)c1ccc(CNC(=O)CCC)cc1)C(=O)O. The third kappa shape index (κ3) is 6.81. The Kier molecular flexibility index (Phi) is 8.54. The second kappa shape index (κ2) is 10.4. The van der Waals surface area contributed by atoms with Crippen LogP contribution >= 0.6 is 0 Å². The predicted octanol–water partition coefficient (Wildman–Crippen LogP) is 2.48. The third-order valence-corrected chi connectivity index (χ3v) is 3.63. The fourth-order valence-corrected chi connectivity index (χ4v) is 2.20. The molecule has 0 aromatic heterocycles. The van der Waals surface area contributed by atoms with Crippen molar-refractivity contribution in [1.29, 1.82) is 0 Å². The van der Waals surface area contributed by atoms with Gasteiger partial charge >= 0.3 is 5.97 Å². The van der Waals surface area contributed by atoms with E-state index in [1.165, 1.54) is 0 Å². The summed E-state index contributed by atoms with van der Waals surface area (Å²) in [4.78, 5) is 34.7. The Morgan fingerprint density at radius 1 is 1.08 bits per heavy atom. The van der Waals surface area contributed by atoms with Gasteiger partial charge < -0.3 is 15.7 Å². The molecular formula is C18H26N2O4. The smallest absolute Gasteiger partial charge is 0.326 e. The topological polar surface area (TPSA) is 95.5 Å². The van der Waals surface area contributed by atoms with E-state index in [1.807, 2.05) is 13.8 Å². The molecule has 0 saturated carbocycles. The number of carbonyl (C=O) groups is 3. The highest BCUT2D eigenvalue weighted by molar-refractivity contribution is 5.96. The first-order valence-electron chi connectivity index (χ1n) is 8.37. The summed E-state index contributed by atoms with van der Waals surface area (Å²) in [5, 5.41) is 14.5. The zero-order valence-corrected chi connectivity index (χ0v) is 14.3. The second-order valence-corrected chi connectivity index (χ2v) is 5.73. The summed E-state index contributed by atoms with van der Waals surface area (Å²) >= 11 is 0. The number of hydrogen-bond donors (Lipinski definition) is 3. The zero-order valence-electron chi connectivity index (χ0n) is 14.3. The van der Waals surface area contributed by atoms with Gasteiger partial charge in [0.05, 0.1) is 0 Å². The maximum atomic E-state index is 12.1. The number of carboxylic acid groups (broad SMARTS) is 1. The van der Waals surface area contributed by atoms with Gasteiger partial charge in [-0.1, -0.05) is 38.8 Å². The van der Waals surface area contributed by atoms with Crippen molar-refractivity contribution < 1.29 is 19.5 Å². The summed E-state index contributed by atoms with van der Waals surface area (Å²) in [6, 6.07) is 5.90. The number of hydrogen-bond acceptors (Lipinski definition) is 3. The minimum Gasteiger partial charge on any atom is -0.480 e. The minimum absolute atomic E-state index is 0.000422. The van der Waals surface area contributed by atoms with E-state index >= 15 is 0 Å². The van der Waals surface area contributed by atoms with Crippen molar-refractivity contribution in [3.63, 3.8) is 0 Å². The van der Waals surface area contributed by atoms with Gasteiger partial charge in [0, 0.05) is 18.5 Å². The molecule has 1 unspecified atom stereocenters. The minimum atomic E-state index is -1.02.